The van der Waals surface area contributed by atoms with Crippen LogP contribution >= 0.6 is 11.8 Å². The van der Waals surface area contributed by atoms with Crippen LogP contribution in [0, 0.1) is 6.92 Å². The van der Waals surface area contributed by atoms with Crippen molar-refractivity contribution in [2.75, 3.05) is 13.7 Å². The molecule has 1 rings (SSSR count). The summed E-state index contributed by atoms with van der Waals surface area (Å²) in [4.78, 5) is 15.1. The first-order valence-corrected chi connectivity index (χ1v) is 5.10. The van der Waals surface area contributed by atoms with Gasteiger partial charge in [-0.05, 0) is 13.8 Å². The molecule has 0 fully saturated rings. The van der Waals surface area contributed by atoms with E-state index in [9.17, 15) is 4.79 Å². The largest absolute Gasteiger partial charge is 0.480 e. The van der Waals surface area contributed by atoms with Crippen molar-refractivity contribution in [1.29, 1.82) is 0 Å². The molecule has 0 amide bonds. The van der Waals surface area contributed by atoms with Crippen LogP contribution in [0.1, 0.15) is 12.7 Å². The van der Waals surface area contributed by atoms with Crippen molar-refractivity contribution in [2.24, 2.45) is 0 Å². The Balaban J connectivity index is 2.79. The maximum Gasteiger partial charge on any atom is 0.322 e. The van der Waals surface area contributed by atoms with E-state index in [0.717, 1.165) is 11.8 Å². The lowest BCUT2D eigenvalue weighted by Gasteiger charge is -2.20. The molecule has 7 heteroatoms. The van der Waals surface area contributed by atoms with Crippen molar-refractivity contribution in [3.63, 3.8) is 0 Å². The number of ether oxygens (including phenoxy) is 1. The van der Waals surface area contributed by atoms with E-state index >= 15 is 0 Å². The van der Waals surface area contributed by atoms with Crippen LogP contribution in [0.5, 0.6) is 0 Å². The number of carboxylic acid groups (broad SMARTS) is 1. The van der Waals surface area contributed by atoms with Crippen LogP contribution in [0.3, 0.4) is 0 Å². The fraction of sp³-hybridized carbons (Fsp3) is 0.625. The van der Waals surface area contributed by atoms with Crippen molar-refractivity contribution in [3.8, 4) is 0 Å². The van der Waals surface area contributed by atoms with Gasteiger partial charge in [-0.1, -0.05) is 11.8 Å². The first-order chi connectivity index (χ1) is 6.98. The van der Waals surface area contributed by atoms with E-state index in [-0.39, 0.29) is 6.61 Å². The van der Waals surface area contributed by atoms with E-state index in [1.807, 2.05) is 0 Å². The normalized spacial score (nSPS) is 14.9. The van der Waals surface area contributed by atoms with Crippen molar-refractivity contribution in [1.82, 2.24) is 15.2 Å². The van der Waals surface area contributed by atoms with Crippen LogP contribution in [-0.2, 0) is 9.53 Å². The molecule has 0 bridgehead atoms. The fourth-order valence-electron chi connectivity index (χ4n) is 0.980. The molecule has 15 heavy (non-hydrogen) atoms. The summed E-state index contributed by atoms with van der Waals surface area (Å²) < 4.78 is 3.81. The summed E-state index contributed by atoms with van der Waals surface area (Å²) in [5.74, 6) is -0.292. The second-order valence-electron chi connectivity index (χ2n) is 3.27. The third-order valence-electron chi connectivity index (χ3n) is 1.77. The van der Waals surface area contributed by atoms with Crippen molar-refractivity contribution >= 4 is 17.7 Å². The van der Waals surface area contributed by atoms with Crippen LogP contribution in [-0.4, -0.2) is 44.7 Å². The number of H-pyrrole nitrogens is 1. The Labute approximate surface area is 91.4 Å². The minimum Gasteiger partial charge on any atom is -0.480 e. The zero-order chi connectivity index (χ0) is 11.5. The second kappa shape index (κ2) is 4.63. The molecule has 0 aliphatic rings. The molecule has 2 N–H and O–H groups in total. The summed E-state index contributed by atoms with van der Waals surface area (Å²) in [5, 5.41) is 16.0. The Hall–Kier alpha value is -1.08. The Morgan fingerprint density at radius 1 is 1.73 bits per heavy atom. The van der Waals surface area contributed by atoms with Gasteiger partial charge in [-0.2, -0.15) is 0 Å². The van der Waals surface area contributed by atoms with Crippen molar-refractivity contribution in [3.05, 3.63) is 5.82 Å². The van der Waals surface area contributed by atoms with Gasteiger partial charge >= 0.3 is 5.97 Å². The number of carboxylic acids is 1. The summed E-state index contributed by atoms with van der Waals surface area (Å²) in [6.45, 7) is 3.43. The molecule has 0 spiro atoms. The Morgan fingerprint density at radius 3 is 2.80 bits per heavy atom. The second-order valence-corrected chi connectivity index (χ2v) is 4.74. The van der Waals surface area contributed by atoms with Gasteiger partial charge in [0.25, 0.3) is 0 Å². The Morgan fingerprint density at radius 2 is 2.40 bits per heavy atom. The van der Waals surface area contributed by atoms with Crippen LogP contribution in [0.25, 0.3) is 0 Å². The lowest BCUT2D eigenvalue weighted by Crippen LogP contribution is -2.36. The third kappa shape index (κ3) is 2.93. The molecule has 0 radical (unpaired) electrons. The van der Waals surface area contributed by atoms with E-state index in [1.54, 1.807) is 13.8 Å². The topological polar surface area (TPSA) is 88.1 Å². The first-order valence-electron chi connectivity index (χ1n) is 4.28. The van der Waals surface area contributed by atoms with E-state index in [0.29, 0.717) is 11.0 Å². The Bertz CT molecular complexity index is 355. The number of aliphatic carboxylic acids is 1. The van der Waals surface area contributed by atoms with Gasteiger partial charge < -0.3 is 9.84 Å². The van der Waals surface area contributed by atoms with Gasteiger partial charge in [-0.25, -0.2) is 4.98 Å². The molecule has 1 aromatic rings. The first kappa shape index (κ1) is 12.0. The molecule has 0 saturated carbocycles. The number of nitrogens with one attached hydrogen (secondary N) is 1. The average Bonchev–Trinajstić information content (AvgIpc) is 2.51. The standard InChI is InChI=1S/C8H13N3O3S/c1-5-9-7(11-10-5)15-8(2,4-14-3)6(12)13/h4H2,1-3H3,(H,12,13)(H,9,10,11). The number of nitrogens with zero attached hydrogens (tertiary/aromatic N) is 2. The van der Waals surface area contributed by atoms with Crippen molar-refractivity contribution < 1.29 is 14.6 Å². The summed E-state index contributed by atoms with van der Waals surface area (Å²) in [5.41, 5.74) is 0. The molecular weight excluding hydrogens is 218 g/mol. The molecule has 84 valence electrons. The van der Waals surface area contributed by atoms with Crippen molar-refractivity contribution in [2.45, 2.75) is 23.8 Å². The molecular formula is C8H13N3O3S. The maximum absolute atomic E-state index is 11.1. The number of rotatable bonds is 5. The predicted molar refractivity (Wildman–Crippen MR) is 54.9 cm³/mol. The highest BCUT2D eigenvalue weighted by Crippen LogP contribution is 2.30. The molecule has 1 unspecified atom stereocenters. The molecule has 0 aliphatic carbocycles. The predicted octanol–water partition coefficient (Wildman–Crippen LogP) is 0.695. The van der Waals surface area contributed by atoms with E-state index in [2.05, 4.69) is 15.2 Å². The maximum atomic E-state index is 11.1. The van der Waals surface area contributed by atoms with E-state index < -0.39 is 10.7 Å². The van der Waals surface area contributed by atoms with Gasteiger partial charge in [-0.15, -0.1) is 5.10 Å². The summed E-state index contributed by atoms with van der Waals surface area (Å²) in [7, 11) is 1.46. The van der Waals surface area contributed by atoms with Crippen LogP contribution in [0.4, 0.5) is 0 Å². The average molecular weight is 231 g/mol. The van der Waals surface area contributed by atoms with Gasteiger partial charge in [0, 0.05) is 7.11 Å². The number of hydrogen-bond donors (Lipinski definition) is 2. The fourth-order valence-corrected chi connectivity index (χ4v) is 1.92. The SMILES string of the molecule is COCC(C)(Sc1n[nH]c(C)n1)C(=O)O. The van der Waals surface area contributed by atoms with Gasteiger partial charge in [0.15, 0.2) is 0 Å². The van der Waals surface area contributed by atoms with Crippen LogP contribution in [0.2, 0.25) is 0 Å². The molecule has 1 heterocycles. The molecule has 1 aromatic heterocycles. The van der Waals surface area contributed by atoms with E-state index in [1.165, 1.54) is 7.11 Å². The lowest BCUT2D eigenvalue weighted by molar-refractivity contribution is -0.140. The number of hydrogen-bond acceptors (Lipinski definition) is 5. The highest BCUT2D eigenvalue weighted by Gasteiger charge is 2.36. The molecule has 0 saturated heterocycles. The quantitative estimate of drug-likeness (QED) is 0.725. The molecule has 0 aliphatic heterocycles. The Kier molecular flexibility index (Phi) is 3.70. The van der Waals surface area contributed by atoms with Gasteiger partial charge in [-0.3, -0.25) is 9.89 Å². The highest BCUT2D eigenvalue weighted by molar-refractivity contribution is 8.01. The monoisotopic (exact) mass is 231 g/mol. The molecule has 6 nitrogen and oxygen atoms in total. The number of carbonyl (C=O) groups is 1. The van der Waals surface area contributed by atoms with Gasteiger partial charge in [0.2, 0.25) is 5.16 Å². The number of aryl methyl sites for hydroxylation is 1. The zero-order valence-electron chi connectivity index (χ0n) is 8.77. The minimum atomic E-state index is -1.07. The minimum absolute atomic E-state index is 0.0978. The third-order valence-corrected chi connectivity index (χ3v) is 2.87. The summed E-state index contributed by atoms with van der Waals surface area (Å²) in [6, 6.07) is 0. The van der Waals surface area contributed by atoms with Crippen LogP contribution in [0.15, 0.2) is 5.16 Å². The lowest BCUT2D eigenvalue weighted by atomic mass is 10.2. The smallest absolute Gasteiger partial charge is 0.322 e. The molecule has 0 aromatic carbocycles. The molecule has 1 atom stereocenters. The van der Waals surface area contributed by atoms with Gasteiger partial charge in [0.1, 0.15) is 10.6 Å². The van der Waals surface area contributed by atoms with E-state index in [4.69, 9.17) is 9.84 Å². The number of methoxy groups -OCH3 is 1. The van der Waals surface area contributed by atoms with Gasteiger partial charge in [0.05, 0.1) is 6.61 Å². The highest BCUT2D eigenvalue weighted by atomic mass is 32.2. The number of aromatic amines is 1. The summed E-state index contributed by atoms with van der Waals surface area (Å²) in [6.07, 6.45) is 0. The van der Waals surface area contributed by atoms with Crippen LogP contribution < -0.4 is 0 Å². The summed E-state index contributed by atoms with van der Waals surface area (Å²) >= 11 is 1.07. The number of aromatic nitrogens is 3. The zero-order valence-corrected chi connectivity index (χ0v) is 9.59. The number of thioether (sulfide) groups is 1.